The van der Waals surface area contributed by atoms with Crippen LogP contribution in [0.2, 0.25) is 0 Å². The van der Waals surface area contributed by atoms with Crippen molar-refractivity contribution in [1.29, 1.82) is 0 Å². The predicted octanol–water partition coefficient (Wildman–Crippen LogP) is 2.89. The molecule has 2 heterocycles. The summed E-state index contributed by atoms with van der Waals surface area (Å²) in [4.78, 5) is 16.6. The van der Waals surface area contributed by atoms with Gasteiger partial charge in [-0.05, 0) is 31.0 Å². The molecule has 2 N–H and O–H groups in total. The summed E-state index contributed by atoms with van der Waals surface area (Å²) in [6.45, 7) is 2.72. The Bertz CT molecular complexity index is 750. The number of carbonyl (C=O) groups excluding carboxylic acids is 1. The number of urea groups is 1. The Hall–Kier alpha value is -2.63. The summed E-state index contributed by atoms with van der Waals surface area (Å²) in [7, 11) is 0. The van der Waals surface area contributed by atoms with Crippen LogP contribution in [0.4, 0.5) is 10.5 Å². The molecule has 6 nitrogen and oxygen atoms in total. The normalized spacial score (nSPS) is 20.2. The molecule has 25 heavy (non-hydrogen) atoms. The second-order valence-corrected chi connectivity index (χ2v) is 6.66. The zero-order chi connectivity index (χ0) is 17.2. The van der Waals surface area contributed by atoms with Gasteiger partial charge >= 0.3 is 6.03 Å². The van der Waals surface area contributed by atoms with Gasteiger partial charge in [0.15, 0.2) is 0 Å². The van der Waals surface area contributed by atoms with E-state index >= 15 is 0 Å². The average Bonchev–Trinajstić information content (AvgIpc) is 3.12. The van der Waals surface area contributed by atoms with Gasteiger partial charge in [-0.2, -0.15) is 0 Å². The van der Waals surface area contributed by atoms with Crippen LogP contribution in [0.3, 0.4) is 0 Å². The highest BCUT2D eigenvalue weighted by atomic mass is 16.3. The van der Waals surface area contributed by atoms with Crippen molar-refractivity contribution in [2.45, 2.75) is 25.3 Å². The molecule has 0 saturated carbocycles. The van der Waals surface area contributed by atoms with Crippen LogP contribution in [0.25, 0.3) is 0 Å². The van der Waals surface area contributed by atoms with Crippen molar-refractivity contribution in [3.63, 3.8) is 0 Å². The number of amides is 2. The molecule has 1 aliphatic heterocycles. The Morgan fingerprint density at radius 3 is 2.76 bits per heavy atom. The zero-order valence-electron chi connectivity index (χ0n) is 14.1. The number of aromatic hydroxyl groups is 1. The van der Waals surface area contributed by atoms with Crippen molar-refractivity contribution >= 4 is 11.7 Å². The van der Waals surface area contributed by atoms with Crippen molar-refractivity contribution in [2.75, 3.05) is 31.1 Å². The van der Waals surface area contributed by atoms with Crippen molar-refractivity contribution in [1.82, 2.24) is 10.2 Å². The maximum atomic E-state index is 12.6. The highest BCUT2D eigenvalue weighted by Crippen LogP contribution is 2.31. The first-order valence-corrected chi connectivity index (χ1v) is 8.87. The fraction of sp³-hybridized carbons (Fsp3) is 0.421. The fourth-order valence-corrected chi connectivity index (χ4v) is 3.76. The highest BCUT2D eigenvalue weighted by Gasteiger charge is 2.28. The lowest BCUT2D eigenvalue weighted by Crippen LogP contribution is -2.52. The Morgan fingerprint density at radius 2 is 1.96 bits per heavy atom. The number of nitrogens with one attached hydrogen (secondary N) is 1. The number of piperazine rings is 1. The van der Waals surface area contributed by atoms with E-state index in [9.17, 15) is 9.90 Å². The largest absolute Gasteiger partial charge is 0.506 e. The molecule has 0 bridgehead atoms. The molecule has 0 radical (unpaired) electrons. The summed E-state index contributed by atoms with van der Waals surface area (Å²) in [5.74, 6) is 1.29. The van der Waals surface area contributed by atoms with E-state index in [4.69, 9.17) is 4.42 Å². The van der Waals surface area contributed by atoms with Crippen molar-refractivity contribution in [3.05, 3.63) is 47.9 Å². The molecule has 1 aliphatic carbocycles. The van der Waals surface area contributed by atoms with E-state index in [-0.39, 0.29) is 17.8 Å². The number of phenolic OH excluding ortho intramolecular Hbond substituents is 1. The molecular weight excluding hydrogens is 318 g/mol. The topological polar surface area (TPSA) is 69.0 Å². The lowest BCUT2D eigenvalue weighted by atomic mass is 9.93. The molecule has 6 heteroatoms. The SMILES string of the molecule is O=C(NC1CCCc2occc21)N1CCN(c2ccccc2O)CC1. The third-order valence-corrected chi connectivity index (χ3v) is 5.14. The van der Waals surface area contributed by atoms with Gasteiger partial charge in [0, 0.05) is 38.2 Å². The number of furan rings is 1. The van der Waals surface area contributed by atoms with Crippen LogP contribution in [0.15, 0.2) is 41.0 Å². The molecule has 132 valence electrons. The van der Waals surface area contributed by atoms with Crippen LogP contribution < -0.4 is 10.2 Å². The third kappa shape index (κ3) is 3.16. The van der Waals surface area contributed by atoms with Crippen LogP contribution in [0.5, 0.6) is 5.75 Å². The number of rotatable bonds is 2. The lowest BCUT2D eigenvalue weighted by molar-refractivity contribution is 0.188. The summed E-state index contributed by atoms with van der Waals surface area (Å²) >= 11 is 0. The van der Waals surface area contributed by atoms with Gasteiger partial charge in [-0.15, -0.1) is 0 Å². The van der Waals surface area contributed by atoms with Gasteiger partial charge in [-0.25, -0.2) is 4.79 Å². The smallest absolute Gasteiger partial charge is 0.318 e. The van der Waals surface area contributed by atoms with Crippen LogP contribution in [-0.2, 0) is 6.42 Å². The van der Waals surface area contributed by atoms with Gasteiger partial charge in [0.2, 0.25) is 0 Å². The number of phenols is 1. The molecule has 2 aromatic rings. The second kappa shape index (κ2) is 6.70. The summed E-state index contributed by atoms with van der Waals surface area (Å²) in [5, 5.41) is 13.1. The van der Waals surface area contributed by atoms with Crippen LogP contribution in [-0.4, -0.2) is 42.2 Å². The average molecular weight is 341 g/mol. The minimum absolute atomic E-state index is 0.0176. The monoisotopic (exact) mass is 341 g/mol. The second-order valence-electron chi connectivity index (χ2n) is 6.66. The lowest BCUT2D eigenvalue weighted by Gasteiger charge is -2.37. The van der Waals surface area contributed by atoms with Crippen molar-refractivity contribution in [3.8, 4) is 5.75 Å². The Kier molecular flexibility index (Phi) is 4.26. The first kappa shape index (κ1) is 15.9. The number of carbonyl (C=O) groups is 1. The summed E-state index contributed by atoms with van der Waals surface area (Å²) in [6.07, 6.45) is 4.65. The number of para-hydroxylation sites is 2. The van der Waals surface area contributed by atoms with Gasteiger partial charge in [-0.1, -0.05) is 12.1 Å². The van der Waals surface area contributed by atoms with Gasteiger partial charge in [0.05, 0.1) is 18.0 Å². The Labute approximate surface area is 147 Å². The van der Waals surface area contributed by atoms with E-state index in [1.807, 2.05) is 29.2 Å². The van der Waals surface area contributed by atoms with Gasteiger partial charge in [0.25, 0.3) is 0 Å². The summed E-state index contributed by atoms with van der Waals surface area (Å²) < 4.78 is 5.49. The van der Waals surface area contributed by atoms with E-state index in [1.54, 1.807) is 12.3 Å². The van der Waals surface area contributed by atoms with Crippen LogP contribution >= 0.6 is 0 Å². The number of benzene rings is 1. The Morgan fingerprint density at radius 1 is 1.16 bits per heavy atom. The van der Waals surface area contributed by atoms with Gasteiger partial charge < -0.3 is 24.6 Å². The first-order valence-electron chi connectivity index (χ1n) is 8.87. The predicted molar refractivity (Wildman–Crippen MR) is 94.8 cm³/mol. The number of fused-ring (bicyclic) bond motifs is 1. The van der Waals surface area contributed by atoms with Crippen molar-refractivity contribution < 1.29 is 14.3 Å². The van der Waals surface area contributed by atoms with E-state index in [0.29, 0.717) is 26.2 Å². The maximum Gasteiger partial charge on any atom is 0.318 e. The van der Waals surface area contributed by atoms with E-state index in [0.717, 1.165) is 36.3 Å². The van der Waals surface area contributed by atoms with E-state index in [2.05, 4.69) is 10.2 Å². The number of anilines is 1. The molecule has 2 amide bonds. The molecule has 1 unspecified atom stereocenters. The number of nitrogens with zero attached hydrogens (tertiary/aromatic N) is 2. The summed E-state index contributed by atoms with van der Waals surface area (Å²) in [6, 6.07) is 9.33. The standard InChI is InChI=1S/C19H23N3O3/c23-17-6-2-1-5-16(17)21-9-11-22(12-10-21)19(24)20-15-4-3-7-18-14(15)8-13-25-18/h1-2,5-6,8,13,15,23H,3-4,7,9-12H2,(H,20,24). The number of aryl methyl sites for hydroxylation is 1. The third-order valence-electron chi connectivity index (χ3n) is 5.14. The van der Waals surface area contributed by atoms with Gasteiger partial charge in [0.1, 0.15) is 11.5 Å². The molecule has 1 saturated heterocycles. The van der Waals surface area contributed by atoms with E-state index in [1.165, 1.54) is 0 Å². The van der Waals surface area contributed by atoms with Crippen LogP contribution in [0, 0.1) is 0 Å². The van der Waals surface area contributed by atoms with Gasteiger partial charge in [-0.3, -0.25) is 0 Å². The molecule has 1 atom stereocenters. The van der Waals surface area contributed by atoms with E-state index < -0.39 is 0 Å². The maximum absolute atomic E-state index is 12.6. The Balaban J connectivity index is 1.36. The quantitative estimate of drug-likeness (QED) is 0.881. The number of hydrogen-bond acceptors (Lipinski definition) is 4. The molecule has 1 fully saturated rings. The first-order chi connectivity index (χ1) is 12.2. The highest BCUT2D eigenvalue weighted by molar-refractivity contribution is 5.75. The summed E-state index contributed by atoms with van der Waals surface area (Å²) in [5.41, 5.74) is 1.95. The fourth-order valence-electron chi connectivity index (χ4n) is 3.76. The molecule has 2 aliphatic rings. The van der Waals surface area contributed by atoms with Crippen LogP contribution in [0.1, 0.15) is 30.2 Å². The molecule has 1 aromatic carbocycles. The molecule has 4 rings (SSSR count). The molecule has 0 spiro atoms. The minimum atomic E-state index is -0.0176. The zero-order valence-corrected chi connectivity index (χ0v) is 14.1. The van der Waals surface area contributed by atoms with Crippen molar-refractivity contribution in [2.24, 2.45) is 0 Å². The minimum Gasteiger partial charge on any atom is -0.506 e. The number of hydrogen-bond donors (Lipinski definition) is 2. The molecule has 1 aromatic heterocycles. The molecular formula is C19H23N3O3.